The molecule has 17 rings (SSSR count). The molecule has 13 aromatic rings. The van der Waals surface area contributed by atoms with Gasteiger partial charge in [-0.1, -0.05) is 267 Å². The van der Waals surface area contributed by atoms with Gasteiger partial charge in [0.25, 0.3) is 0 Å². The van der Waals surface area contributed by atoms with Crippen molar-refractivity contribution in [3.05, 3.63) is 282 Å². The molecular weight excluding hydrogens is 913 g/mol. The summed E-state index contributed by atoms with van der Waals surface area (Å²) >= 11 is 0. The fraction of sp³-hybridized carbons (Fsp3) is 0.0263. The lowest BCUT2D eigenvalue weighted by atomic mass is 9.72. The maximum atomic E-state index is 2.59. The van der Waals surface area contributed by atoms with Crippen LogP contribution in [0, 0.1) is 0 Å². The molecular formula is C76H46. The third-order valence-electron chi connectivity index (χ3n) is 17.5. The van der Waals surface area contributed by atoms with Gasteiger partial charge in [0, 0.05) is 11.8 Å². The van der Waals surface area contributed by atoms with Crippen molar-refractivity contribution in [3.63, 3.8) is 0 Å². The number of hydrogen-bond acceptors (Lipinski definition) is 0. The van der Waals surface area contributed by atoms with Crippen molar-refractivity contribution in [2.45, 2.75) is 11.8 Å². The molecule has 76 heavy (non-hydrogen) atoms. The molecule has 4 aliphatic carbocycles. The van der Waals surface area contributed by atoms with Crippen LogP contribution in [0.2, 0.25) is 0 Å². The molecule has 0 spiro atoms. The Morgan fingerprint density at radius 3 is 1.25 bits per heavy atom. The second-order valence-corrected chi connectivity index (χ2v) is 21.1. The lowest BCUT2D eigenvalue weighted by molar-refractivity contribution is 0.779. The molecule has 350 valence electrons. The molecule has 2 unspecified atom stereocenters. The Balaban J connectivity index is 0.970. The summed E-state index contributed by atoms with van der Waals surface area (Å²) in [5, 5.41) is 11.9. The van der Waals surface area contributed by atoms with E-state index in [1.165, 1.54) is 165 Å². The zero-order valence-electron chi connectivity index (χ0n) is 41.6. The van der Waals surface area contributed by atoms with Gasteiger partial charge in [0.1, 0.15) is 0 Å². The summed E-state index contributed by atoms with van der Waals surface area (Å²) < 4.78 is 0. The molecule has 13 aromatic carbocycles. The molecule has 0 bridgehead atoms. The van der Waals surface area contributed by atoms with E-state index in [9.17, 15) is 0 Å². The van der Waals surface area contributed by atoms with Gasteiger partial charge in [-0.3, -0.25) is 0 Å². The number of allylic oxidation sites excluding steroid dienone is 3. The molecule has 0 nitrogen and oxygen atoms in total. The SMILES string of the molecule is C1=CC2c3c(c(-c4ccccc4-c4ccccc4)c4ccccc4c3-c3ccccc3)C3=CC=c4c(c1c1ccc5c6c(ccc4c16)-c1c-5c(-c4ccccc4-c4ccccc4)c4ccccc4c1-c1ccccc1)C32. The number of hydrogen-bond donors (Lipinski definition) is 0. The van der Waals surface area contributed by atoms with Crippen LogP contribution in [-0.4, -0.2) is 0 Å². The molecule has 0 saturated carbocycles. The zero-order chi connectivity index (χ0) is 49.6. The Kier molecular flexibility index (Phi) is 8.77. The molecule has 0 amide bonds. The van der Waals surface area contributed by atoms with Crippen LogP contribution in [-0.2, 0) is 0 Å². The molecule has 0 saturated heterocycles. The lowest BCUT2D eigenvalue weighted by Crippen LogP contribution is -2.23. The quantitative estimate of drug-likeness (QED) is 0.156. The standard InChI is InChI=1S/C76H46/c1-5-21-45(22-6-1)49-29-13-15-31-51(49)69-55-35-19-17-33-53(55)65(47-25-9-3-10-26-47)73-61-41-37-57-60-40-44-64-72-62(42-38-58(68(60)72)59-39-43-63(75(69)73)71(61)67(57)59)74-66(48-27-11-4-12-28-48)54-34-18-20-36-56(54)70(76(64)74)52-32-16-14-30-50(52)46-23-7-2-8-24-46/h1-44,61,71H. The van der Waals surface area contributed by atoms with E-state index >= 15 is 0 Å². The first-order valence-corrected chi connectivity index (χ1v) is 26.8. The monoisotopic (exact) mass is 958 g/mol. The van der Waals surface area contributed by atoms with Gasteiger partial charge < -0.3 is 0 Å². The second-order valence-electron chi connectivity index (χ2n) is 21.1. The third-order valence-corrected chi connectivity index (χ3v) is 17.5. The summed E-state index contributed by atoms with van der Waals surface area (Å²) in [7, 11) is 0. The van der Waals surface area contributed by atoms with E-state index in [1.54, 1.807) is 0 Å². The van der Waals surface area contributed by atoms with Crippen molar-refractivity contribution in [1.82, 2.24) is 0 Å². The van der Waals surface area contributed by atoms with Gasteiger partial charge in [0.05, 0.1) is 0 Å². The summed E-state index contributed by atoms with van der Waals surface area (Å²) in [6.07, 6.45) is 10.1. The van der Waals surface area contributed by atoms with Gasteiger partial charge in [0.2, 0.25) is 0 Å². The van der Waals surface area contributed by atoms with Crippen molar-refractivity contribution in [3.8, 4) is 89.0 Å². The Morgan fingerprint density at radius 2 is 0.684 bits per heavy atom. The topological polar surface area (TPSA) is 0 Å². The lowest BCUT2D eigenvalue weighted by Gasteiger charge is -2.30. The predicted octanol–water partition coefficient (Wildman–Crippen LogP) is 19.8. The minimum Gasteiger partial charge on any atom is -0.0754 e. The van der Waals surface area contributed by atoms with Gasteiger partial charge in [0.15, 0.2) is 0 Å². The number of rotatable bonds is 6. The summed E-state index contributed by atoms with van der Waals surface area (Å²) in [5.41, 5.74) is 27.6. The number of fused-ring (bicyclic) bond motifs is 10. The molecule has 0 aliphatic heterocycles. The second kappa shape index (κ2) is 15.9. The first-order valence-electron chi connectivity index (χ1n) is 26.8. The van der Waals surface area contributed by atoms with Gasteiger partial charge in [-0.2, -0.15) is 0 Å². The average molecular weight is 959 g/mol. The van der Waals surface area contributed by atoms with Crippen molar-refractivity contribution < 1.29 is 0 Å². The zero-order valence-corrected chi connectivity index (χ0v) is 41.6. The van der Waals surface area contributed by atoms with Crippen LogP contribution in [0.15, 0.2) is 255 Å². The van der Waals surface area contributed by atoms with Crippen molar-refractivity contribution >= 4 is 60.8 Å². The average Bonchev–Trinajstić information content (AvgIpc) is 4.14. The Morgan fingerprint density at radius 1 is 0.250 bits per heavy atom. The highest BCUT2D eigenvalue weighted by Crippen LogP contribution is 2.64. The van der Waals surface area contributed by atoms with E-state index in [0.717, 1.165) is 0 Å². The highest BCUT2D eigenvalue weighted by molar-refractivity contribution is 6.33. The van der Waals surface area contributed by atoms with Crippen molar-refractivity contribution in [2.75, 3.05) is 0 Å². The van der Waals surface area contributed by atoms with E-state index in [0.29, 0.717) is 0 Å². The summed E-state index contributed by atoms with van der Waals surface area (Å²) in [4.78, 5) is 0. The van der Waals surface area contributed by atoms with Gasteiger partial charge in [-0.25, -0.2) is 0 Å². The molecule has 0 fully saturated rings. The maximum absolute atomic E-state index is 2.59. The molecule has 0 heterocycles. The van der Waals surface area contributed by atoms with Crippen LogP contribution in [0.25, 0.3) is 150 Å². The highest BCUT2D eigenvalue weighted by atomic mass is 14.5. The Bertz CT molecular complexity index is 4770. The fourth-order valence-electron chi connectivity index (χ4n) is 14.7. The smallest absolute Gasteiger partial charge is 0.0212 e. The highest BCUT2D eigenvalue weighted by Gasteiger charge is 2.45. The predicted molar refractivity (Wildman–Crippen MR) is 322 cm³/mol. The Hall–Kier alpha value is -9.62. The van der Waals surface area contributed by atoms with E-state index < -0.39 is 0 Å². The van der Waals surface area contributed by atoms with Crippen molar-refractivity contribution in [1.29, 1.82) is 0 Å². The molecule has 4 aliphatic rings. The van der Waals surface area contributed by atoms with Crippen LogP contribution in [0.4, 0.5) is 0 Å². The minimum absolute atomic E-state index is 0.148. The normalized spacial score (nSPS) is 15.2. The van der Waals surface area contributed by atoms with Crippen molar-refractivity contribution in [2.24, 2.45) is 0 Å². The maximum Gasteiger partial charge on any atom is 0.0212 e. The first kappa shape index (κ1) is 41.8. The minimum atomic E-state index is 0.148. The van der Waals surface area contributed by atoms with Gasteiger partial charge in [-0.15, -0.1) is 0 Å². The van der Waals surface area contributed by atoms with E-state index in [1.807, 2.05) is 0 Å². The van der Waals surface area contributed by atoms with Gasteiger partial charge in [-0.05, 0) is 165 Å². The van der Waals surface area contributed by atoms with E-state index in [-0.39, 0.29) is 11.8 Å². The van der Waals surface area contributed by atoms with Gasteiger partial charge >= 0.3 is 0 Å². The number of benzene rings is 13. The van der Waals surface area contributed by atoms with Crippen LogP contribution < -0.4 is 5.22 Å². The van der Waals surface area contributed by atoms with Crippen LogP contribution in [0.3, 0.4) is 0 Å². The largest absolute Gasteiger partial charge is 0.0754 e. The van der Waals surface area contributed by atoms with Crippen LogP contribution in [0.5, 0.6) is 0 Å². The molecule has 0 radical (unpaired) electrons. The summed E-state index contributed by atoms with van der Waals surface area (Å²) in [6, 6.07) is 90.7. The Labute approximate surface area is 441 Å². The fourth-order valence-corrected chi connectivity index (χ4v) is 14.7. The third kappa shape index (κ3) is 5.63. The molecule has 0 heteroatoms. The molecule has 0 N–H and O–H groups in total. The first-order chi connectivity index (χ1) is 37.8. The summed E-state index contributed by atoms with van der Waals surface area (Å²) in [6.45, 7) is 0. The van der Waals surface area contributed by atoms with E-state index in [4.69, 9.17) is 0 Å². The molecule has 2 atom stereocenters. The van der Waals surface area contributed by atoms with Crippen LogP contribution in [0.1, 0.15) is 34.1 Å². The van der Waals surface area contributed by atoms with E-state index in [2.05, 4.69) is 267 Å². The van der Waals surface area contributed by atoms with Crippen LogP contribution >= 0.6 is 0 Å². The molecule has 0 aromatic heterocycles. The summed E-state index contributed by atoms with van der Waals surface area (Å²) in [5.74, 6) is 0.299.